The van der Waals surface area contributed by atoms with Gasteiger partial charge in [-0.3, -0.25) is 4.79 Å². The molecule has 0 saturated heterocycles. The van der Waals surface area contributed by atoms with Gasteiger partial charge in [0, 0.05) is 25.8 Å². The number of carbonyl (C=O) groups is 1. The maximum Gasteiger partial charge on any atom is 0.254 e. The van der Waals surface area contributed by atoms with Crippen molar-refractivity contribution in [1.29, 1.82) is 0 Å². The number of phenolic OH excluding ortho intramolecular Hbond substituents is 1. The van der Waals surface area contributed by atoms with Gasteiger partial charge in [-0.25, -0.2) is 4.39 Å². The lowest BCUT2D eigenvalue weighted by molar-refractivity contribution is 0.0946. The van der Waals surface area contributed by atoms with E-state index in [1.165, 1.54) is 12.1 Å². The van der Waals surface area contributed by atoms with Gasteiger partial charge in [0.1, 0.15) is 11.6 Å². The van der Waals surface area contributed by atoms with Crippen LogP contribution in [-0.2, 0) is 4.74 Å². The van der Waals surface area contributed by atoms with Gasteiger partial charge in [-0.15, -0.1) is 0 Å². The molecule has 0 aliphatic carbocycles. The SMILES string of the molecule is COCC(N)CCNC(=O)c1ccc(O)cc1F. The first-order chi connectivity index (χ1) is 8.54. The zero-order chi connectivity index (χ0) is 13.5. The van der Waals surface area contributed by atoms with E-state index < -0.39 is 11.7 Å². The van der Waals surface area contributed by atoms with Crippen LogP contribution < -0.4 is 11.1 Å². The van der Waals surface area contributed by atoms with Gasteiger partial charge in [-0.1, -0.05) is 0 Å². The Morgan fingerprint density at radius 1 is 1.61 bits per heavy atom. The van der Waals surface area contributed by atoms with Crippen LogP contribution in [0.3, 0.4) is 0 Å². The van der Waals surface area contributed by atoms with Crippen molar-refractivity contribution in [2.45, 2.75) is 12.5 Å². The fourth-order valence-corrected chi connectivity index (χ4v) is 1.45. The largest absolute Gasteiger partial charge is 0.508 e. The third kappa shape index (κ3) is 4.31. The van der Waals surface area contributed by atoms with E-state index in [4.69, 9.17) is 15.6 Å². The molecule has 4 N–H and O–H groups in total. The Balaban J connectivity index is 2.45. The second-order valence-corrected chi connectivity index (χ2v) is 3.92. The number of benzene rings is 1. The number of hydrogen-bond acceptors (Lipinski definition) is 4. The van der Waals surface area contributed by atoms with Crippen LogP contribution in [0.25, 0.3) is 0 Å². The van der Waals surface area contributed by atoms with Gasteiger partial charge in [0.05, 0.1) is 12.2 Å². The average molecular weight is 256 g/mol. The Hall–Kier alpha value is -1.66. The van der Waals surface area contributed by atoms with Crippen LogP contribution in [0.4, 0.5) is 4.39 Å². The van der Waals surface area contributed by atoms with Gasteiger partial charge < -0.3 is 20.9 Å². The Bertz CT molecular complexity index is 412. The summed E-state index contributed by atoms with van der Waals surface area (Å²) in [7, 11) is 1.55. The fraction of sp³-hybridized carbons (Fsp3) is 0.417. The highest BCUT2D eigenvalue weighted by atomic mass is 19.1. The molecule has 1 unspecified atom stereocenters. The highest BCUT2D eigenvalue weighted by Gasteiger charge is 2.12. The molecule has 6 heteroatoms. The number of nitrogens with one attached hydrogen (secondary N) is 1. The number of ether oxygens (including phenoxy) is 1. The minimum Gasteiger partial charge on any atom is -0.508 e. The molecule has 0 aliphatic heterocycles. The Kier molecular flexibility index (Phi) is 5.54. The summed E-state index contributed by atoms with van der Waals surface area (Å²) in [6.45, 7) is 0.743. The standard InChI is InChI=1S/C12H17FN2O3/c1-18-7-8(14)4-5-15-12(17)10-3-2-9(16)6-11(10)13/h2-3,6,8,16H,4-5,7,14H2,1H3,(H,15,17). The van der Waals surface area contributed by atoms with Crippen molar-refractivity contribution in [2.75, 3.05) is 20.3 Å². The fourth-order valence-electron chi connectivity index (χ4n) is 1.45. The molecule has 0 aliphatic rings. The van der Waals surface area contributed by atoms with Crippen molar-refractivity contribution in [1.82, 2.24) is 5.32 Å². The summed E-state index contributed by atoms with van der Waals surface area (Å²) < 4.78 is 18.2. The minimum atomic E-state index is -0.756. The number of nitrogens with two attached hydrogens (primary N) is 1. The number of amides is 1. The first kappa shape index (κ1) is 14.4. The topological polar surface area (TPSA) is 84.6 Å². The zero-order valence-electron chi connectivity index (χ0n) is 10.1. The second kappa shape index (κ2) is 6.93. The number of hydrogen-bond donors (Lipinski definition) is 3. The van der Waals surface area contributed by atoms with Crippen LogP contribution in [0.5, 0.6) is 5.75 Å². The molecule has 5 nitrogen and oxygen atoms in total. The molecule has 0 saturated carbocycles. The molecule has 1 rings (SSSR count). The highest BCUT2D eigenvalue weighted by molar-refractivity contribution is 5.94. The third-order valence-corrected chi connectivity index (χ3v) is 2.38. The molecule has 0 aromatic heterocycles. The van der Waals surface area contributed by atoms with E-state index in [0.717, 1.165) is 6.07 Å². The van der Waals surface area contributed by atoms with Crippen molar-refractivity contribution in [3.63, 3.8) is 0 Å². The Morgan fingerprint density at radius 3 is 2.94 bits per heavy atom. The van der Waals surface area contributed by atoms with E-state index in [1.54, 1.807) is 7.11 Å². The van der Waals surface area contributed by atoms with Gasteiger partial charge in [0.25, 0.3) is 5.91 Å². The van der Waals surface area contributed by atoms with E-state index in [-0.39, 0.29) is 17.4 Å². The van der Waals surface area contributed by atoms with E-state index >= 15 is 0 Å². The summed E-state index contributed by atoms with van der Waals surface area (Å²) in [6.07, 6.45) is 0.541. The molecule has 0 heterocycles. The van der Waals surface area contributed by atoms with Crippen LogP contribution in [0, 0.1) is 5.82 Å². The molecule has 1 atom stereocenters. The van der Waals surface area contributed by atoms with Gasteiger partial charge >= 0.3 is 0 Å². The number of methoxy groups -OCH3 is 1. The predicted octanol–water partition coefficient (Wildman–Crippen LogP) is 0.625. The lowest BCUT2D eigenvalue weighted by Crippen LogP contribution is -2.33. The summed E-state index contributed by atoms with van der Waals surface area (Å²) in [5.74, 6) is -1.50. The monoisotopic (exact) mass is 256 g/mol. The highest BCUT2D eigenvalue weighted by Crippen LogP contribution is 2.14. The molecule has 100 valence electrons. The molecule has 1 aromatic rings. The third-order valence-electron chi connectivity index (χ3n) is 2.38. The normalized spacial score (nSPS) is 12.2. The summed E-state index contributed by atoms with van der Waals surface area (Å²) in [5.41, 5.74) is 5.57. The van der Waals surface area contributed by atoms with Crippen molar-refractivity contribution < 1.29 is 19.0 Å². The smallest absolute Gasteiger partial charge is 0.254 e. The van der Waals surface area contributed by atoms with Crippen LogP contribution in [0.2, 0.25) is 0 Å². The maximum atomic E-state index is 13.3. The molecule has 0 spiro atoms. The lowest BCUT2D eigenvalue weighted by atomic mass is 10.2. The van der Waals surface area contributed by atoms with Crippen LogP contribution in [0.15, 0.2) is 18.2 Å². The van der Waals surface area contributed by atoms with Crippen molar-refractivity contribution >= 4 is 5.91 Å². The zero-order valence-corrected chi connectivity index (χ0v) is 10.1. The van der Waals surface area contributed by atoms with Gasteiger partial charge in [-0.05, 0) is 18.6 Å². The molecular weight excluding hydrogens is 239 g/mol. The number of halogens is 1. The van der Waals surface area contributed by atoms with Crippen LogP contribution in [-0.4, -0.2) is 37.3 Å². The van der Waals surface area contributed by atoms with Gasteiger partial charge in [-0.2, -0.15) is 0 Å². The summed E-state index contributed by atoms with van der Waals surface area (Å²) in [4.78, 5) is 11.6. The summed E-state index contributed by atoms with van der Waals surface area (Å²) in [6, 6.07) is 3.22. The summed E-state index contributed by atoms with van der Waals surface area (Å²) >= 11 is 0. The Labute approximate surface area is 105 Å². The van der Waals surface area contributed by atoms with Crippen LogP contribution >= 0.6 is 0 Å². The number of carbonyl (C=O) groups excluding carboxylic acids is 1. The maximum absolute atomic E-state index is 13.3. The molecule has 18 heavy (non-hydrogen) atoms. The first-order valence-electron chi connectivity index (χ1n) is 5.56. The molecule has 1 amide bonds. The van der Waals surface area contributed by atoms with E-state index in [9.17, 15) is 9.18 Å². The minimum absolute atomic E-state index is 0.104. The summed E-state index contributed by atoms with van der Waals surface area (Å²) in [5, 5.41) is 11.6. The van der Waals surface area contributed by atoms with Crippen LogP contribution in [0.1, 0.15) is 16.8 Å². The average Bonchev–Trinajstić information content (AvgIpc) is 2.29. The molecular formula is C12H17FN2O3. The number of aromatic hydroxyl groups is 1. The molecule has 0 fully saturated rings. The van der Waals surface area contributed by atoms with Crippen molar-refractivity contribution in [2.24, 2.45) is 5.73 Å². The molecule has 0 bridgehead atoms. The predicted molar refractivity (Wildman–Crippen MR) is 64.9 cm³/mol. The molecule has 0 radical (unpaired) electrons. The quantitative estimate of drug-likeness (QED) is 0.696. The number of phenols is 1. The van der Waals surface area contributed by atoms with E-state index in [2.05, 4.69) is 5.32 Å². The van der Waals surface area contributed by atoms with Gasteiger partial charge in [0.15, 0.2) is 0 Å². The van der Waals surface area contributed by atoms with Gasteiger partial charge in [0.2, 0.25) is 0 Å². The van der Waals surface area contributed by atoms with Crippen molar-refractivity contribution in [3.8, 4) is 5.75 Å². The van der Waals surface area contributed by atoms with Crippen molar-refractivity contribution in [3.05, 3.63) is 29.6 Å². The first-order valence-corrected chi connectivity index (χ1v) is 5.56. The van der Waals surface area contributed by atoms with E-state index in [0.29, 0.717) is 19.6 Å². The van der Waals surface area contributed by atoms with E-state index in [1.807, 2.05) is 0 Å². The lowest BCUT2D eigenvalue weighted by Gasteiger charge is -2.11. The number of rotatable bonds is 6. The molecule has 1 aromatic carbocycles. The second-order valence-electron chi connectivity index (χ2n) is 3.92. The Morgan fingerprint density at radius 2 is 2.33 bits per heavy atom.